The maximum atomic E-state index is 12.3. The molecule has 0 radical (unpaired) electrons. The summed E-state index contributed by atoms with van der Waals surface area (Å²) < 4.78 is 1.86. The molecule has 5 nitrogen and oxygen atoms in total. The summed E-state index contributed by atoms with van der Waals surface area (Å²) in [5.41, 5.74) is 5.65. The zero-order valence-corrected chi connectivity index (χ0v) is 16.1. The minimum atomic E-state index is -0.147. The van der Waals surface area contributed by atoms with Crippen LogP contribution in [-0.2, 0) is 6.42 Å². The largest absolute Gasteiger partial charge is 0.350 e. The van der Waals surface area contributed by atoms with Crippen molar-refractivity contribution in [1.29, 1.82) is 0 Å². The zero-order chi connectivity index (χ0) is 18.8. The Balaban J connectivity index is 1.35. The van der Waals surface area contributed by atoms with Crippen molar-refractivity contribution in [2.24, 2.45) is 0 Å². The molecule has 0 saturated heterocycles. The van der Waals surface area contributed by atoms with Crippen LogP contribution >= 0.6 is 11.3 Å². The second kappa shape index (κ2) is 7.32. The third kappa shape index (κ3) is 3.90. The normalized spacial score (nSPS) is 11.0. The summed E-state index contributed by atoms with van der Waals surface area (Å²) >= 11 is 1.65. The fourth-order valence-electron chi connectivity index (χ4n) is 2.94. The molecule has 1 N–H and O–H groups in total. The summed E-state index contributed by atoms with van der Waals surface area (Å²) in [5, 5.41) is 6.09. The lowest BCUT2D eigenvalue weighted by Gasteiger charge is -2.04. The first-order valence-corrected chi connectivity index (χ1v) is 9.71. The second-order valence-electron chi connectivity index (χ2n) is 6.55. The third-order valence-corrected chi connectivity index (χ3v) is 5.19. The number of fused-ring (bicyclic) bond motifs is 1. The number of nitrogens with one attached hydrogen (secondary N) is 1. The van der Waals surface area contributed by atoms with E-state index in [4.69, 9.17) is 0 Å². The zero-order valence-electron chi connectivity index (χ0n) is 15.3. The molecular formula is C21H20N4OS. The highest BCUT2D eigenvalue weighted by Gasteiger charge is 2.10. The first kappa shape index (κ1) is 17.4. The minimum Gasteiger partial charge on any atom is -0.350 e. The Morgan fingerprint density at radius 2 is 1.96 bits per heavy atom. The van der Waals surface area contributed by atoms with Crippen LogP contribution in [0.1, 0.15) is 26.6 Å². The predicted molar refractivity (Wildman–Crippen MR) is 108 cm³/mol. The van der Waals surface area contributed by atoms with Gasteiger partial charge in [0.15, 0.2) is 0 Å². The van der Waals surface area contributed by atoms with E-state index in [9.17, 15) is 4.79 Å². The number of carbonyl (C=O) groups is 1. The summed E-state index contributed by atoms with van der Waals surface area (Å²) in [4.78, 5) is 21.2. The quantitative estimate of drug-likeness (QED) is 0.572. The number of imidazole rings is 1. The van der Waals surface area contributed by atoms with Gasteiger partial charge in [0.1, 0.15) is 11.3 Å². The van der Waals surface area contributed by atoms with Crippen LogP contribution in [0.5, 0.6) is 0 Å². The molecule has 0 aliphatic rings. The van der Waals surface area contributed by atoms with Crippen molar-refractivity contribution in [3.05, 3.63) is 76.0 Å². The Bertz CT molecular complexity index is 1100. The van der Waals surface area contributed by atoms with Crippen LogP contribution in [0, 0.1) is 13.8 Å². The summed E-state index contributed by atoms with van der Waals surface area (Å²) in [6.07, 6.45) is 4.45. The number of pyridine rings is 1. The first-order valence-electron chi connectivity index (χ1n) is 8.83. The van der Waals surface area contributed by atoms with Crippen LogP contribution < -0.4 is 5.32 Å². The molecule has 1 aromatic carbocycles. The molecule has 0 aliphatic carbocycles. The molecule has 0 unspecified atom stereocenters. The SMILES string of the molecule is Cc1ccn2cc(C(=O)NCCc3ccc(-c4csc(C)n4)cc3)nc2c1. The number of thiazole rings is 1. The summed E-state index contributed by atoms with van der Waals surface area (Å²) in [6, 6.07) is 12.3. The van der Waals surface area contributed by atoms with E-state index in [0.29, 0.717) is 12.2 Å². The fraction of sp³-hybridized carbons (Fsp3) is 0.190. The van der Waals surface area contributed by atoms with Crippen LogP contribution in [0.4, 0.5) is 0 Å². The second-order valence-corrected chi connectivity index (χ2v) is 7.61. The fourth-order valence-corrected chi connectivity index (χ4v) is 3.56. The molecule has 3 aromatic heterocycles. The molecule has 0 bridgehead atoms. The summed E-state index contributed by atoms with van der Waals surface area (Å²) in [6.45, 7) is 4.59. The van der Waals surface area contributed by atoms with Gasteiger partial charge in [0, 0.05) is 29.9 Å². The van der Waals surface area contributed by atoms with Crippen molar-refractivity contribution in [2.75, 3.05) is 6.54 Å². The average Bonchev–Trinajstić information content (AvgIpc) is 3.28. The van der Waals surface area contributed by atoms with E-state index in [1.54, 1.807) is 17.5 Å². The summed E-state index contributed by atoms with van der Waals surface area (Å²) in [7, 11) is 0. The van der Waals surface area contributed by atoms with Crippen molar-refractivity contribution < 1.29 is 4.79 Å². The summed E-state index contributed by atoms with van der Waals surface area (Å²) in [5.74, 6) is -0.147. The van der Waals surface area contributed by atoms with E-state index in [1.807, 2.05) is 36.6 Å². The highest BCUT2D eigenvalue weighted by molar-refractivity contribution is 7.09. The maximum Gasteiger partial charge on any atom is 0.271 e. The molecule has 0 spiro atoms. The van der Waals surface area contributed by atoms with Crippen LogP contribution in [0.2, 0.25) is 0 Å². The van der Waals surface area contributed by atoms with Gasteiger partial charge in [-0.2, -0.15) is 0 Å². The van der Waals surface area contributed by atoms with Crippen molar-refractivity contribution in [2.45, 2.75) is 20.3 Å². The van der Waals surface area contributed by atoms with Gasteiger partial charge in [-0.15, -0.1) is 11.3 Å². The lowest BCUT2D eigenvalue weighted by molar-refractivity contribution is 0.0950. The van der Waals surface area contributed by atoms with Crippen LogP contribution in [0.25, 0.3) is 16.9 Å². The van der Waals surface area contributed by atoms with Gasteiger partial charge in [-0.25, -0.2) is 9.97 Å². The van der Waals surface area contributed by atoms with Crippen molar-refractivity contribution in [3.8, 4) is 11.3 Å². The molecule has 0 saturated carbocycles. The van der Waals surface area contributed by atoms with Gasteiger partial charge in [0.25, 0.3) is 5.91 Å². The van der Waals surface area contributed by atoms with Crippen LogP contribution in [0.3, 0.4) is 0 Å². The predicted octanol–water partition coefficient (Wildman–Crippen LogP) is 4.05. The molecular weight excluding hydrogens is 356 g/mol. The Kier molecular flexibility index (Phi) is 4.73. The van der Waals surface area contributed by atoms with E-state index in [2.05, 4.69) is 44.9 Å². The molecule has 1 amide bonds. The van der Waals surface area contributed by atoms with Gasteiger partial charge in [-0.3, -0.25) is 4.79 Å². The monoisotopic (exact) mass is 376 g/mol. The Hall–Kier alpha value is -2.99. The van der Waals surface area contributed by atoms with E-state index in [-0.39, 0.29) is 5.91 Å². The van der Waals surface area contributed by atoms with Crippen LogP contribution in [-0.4, -0.2) is 26.8 Å². The number of amides is 1. The number of hydrogen-bond acceptors (Lipinski definition) is 4. The number of hydrogen-bond donors (Lipinski definition) is 1. The first-order chi connectivity index (χ1) is 13.1. The number of rotatable bonds is 5. The smallest absolute Gasteiger partial charge is 0.271 e. The highest BCUT2D eigenvalue weighted by Crippen LogP contribution is 2.21. The molecule has 0 atom stereocenters. The van der Waals surface area contributed by atoms with Gasteiger partial charge in [0.05, 0.1) is 10.7 Å². The third-order valence-electron chi connectivity index (χ3n) is 4.42. The molecule has 6 heteroatoms. The Labute approximate surface area is 161 Å². The number of benzene rings is 1. The van der Waals surface area contributed by atoms with E-state index in [1.165, 1.54) is 5.56 Å². The molecule has 4 rings (SSSR count). The molecule has 0 fully saturated rings. The van der Waals surface area contributed by atoms with Crippen molar-refractivity contribution in [3.63, 3.8) is 0 Å². The lowest BCUT2D eigenvalue weighted by Crippen LogP contribution is -2.25. The number of carbonyl (C=O) groups excluding carboxylic acids is 1. The van der Waals surface area contributed by atoms with Gasteiger partial charge in [-0.1, -0.05) is 24.3 Å². The van der Waals surface area contributed by atoms with E-state index in [0.717, 1.165) is 33.9 Å². The number of aromatic nitrogens is 3. The average molecular weight is 376 g/mol. The van der Waals surface area contributed by atoms with Gasteiger partial charge >= 0.3 is 0 Å². The molecule has 0 aliphatic heterocycles. The van der Waals surface area contributed by atoms with Gasteiger partial charge in [0.2, 0.25) is 0 Å². The molecule has 136 valence electrons. The standard InChI is InChI=1S/C21H20N4OS/c1-14-8-10-25-12-18(24-20(25)11-14)21(26)22-9-7-16-3-5-17(6-4-16)19-13-27-15(2)23-19/h3-6,8,10-13H,7,9H2,1-2H3,(H,22,26). The van der Waals surface area contributed by atoms with Crippen molar-refractivity contribution in [1.82, 2.24) is 19.7 Å². The minimum absolute atomic E-state index is 0.147. The van der Waals surface area contributed by atoms with E-state index < -0.39 is 0 Å². The molecule has 4 aromatic rings. The lowest BCUT2D eigenvalue weighted by atomic mass is 10.1. The molecule has 27 heavy (non-hydrogen) atoms. The van der Waals surface area contributed by atoms with Crippen molar-refractivity contribution >= 4 is 22.9 Å². The Morgan fingerprint density at radius 1 is 1.15 bits per heavy atom. The maximum absolute atomic E-state index is 12.3. The number of nitrogens with zero attached hydrogens (tertiary/aromatic N) is 3. The van der Waals surface area contributed by atoms with Gasteiger partial charge in [-0.05, 0) is 43.5 Å². The van der Waals surface area contributed by atoms with Gasteiger partial charge < -0.3 is 9.72 Å². The van der Waals surface area contributed by atoms with Crippen LogP contribution in [0.15, 0.2) is 54.2 Å². The Morgan fingerprint density at radius 3 is 2.70 bits per heavy atom. The number of aryl methyl sites for hydroxylation is 2. The highest BCUT2D eigenvalue weighted by atomic mass is 32.1. The topological polar surface area (TPSA) is 59.3 Å². The van der Waals surface area contributed by atoms with E-state index >= 15 is 0 Å². The molecule has 3 heterocycles.